The largest absolute Gasteiger partial charge is 0.508 e. The van der Waals surface area contributed by atoms with Crippen LogP contribution in [-0.2, 0) is 11.3 Å². The summed E-state index contributed by atoms with van der Waals surface area (Å²) in [5.74, 6) is 0.168. The number of likely N-dealkylation sites (N-methyl/N-ethyl adjacent to an activating group) is 1. The number of aliphatic hydroxyl groups is 1. The topological polar surface area (TPSA) is 60.8 Å². The van der Waals surface area contributed by atoms with Gasteiger partial charge in [-0.15, -0.1) is 0 Å². The minimum Gasteiger partial charge on any atom is -0.508 e. The lowest BCUT2D eigenvalue weighted by molar-refractivity contribution is -0.140. The first-order chi connectivity index (χ1) is 8.40. The molecule has 0 aromatic heterocycles. The average molecular weight is 251 g/mol. The number of carbonyl (C=O) groups is 1. The lowest BCUT2D eigenvalue weighted by Crippen LogP contribution is -2.36. The summed E-state index contributed by atoms with van der Waals surface area (Å²) in [6.45, 7) is 4.31. The maximum atomic E-state index is 11.9. The Hall–Kier alpha value is -1.55. The number of hydrogen-bond donors (Lipinski definition) is 2. The van der Waals surface area contributed by atoms with Gasteiger partial charge in [-0.3, -0.25) is 4.79 Å². The predicted molar refractivity (Wildman–Crippen MR) is 70.0 cm³/mol. The van der Waals surface area contributed by atoms with Crippen LogP contribution in [0.3, 0.4) is 0 Å². The first kappa shape index (κ1) is 14.5. The van der Waals surface area contributed by atoms with E-state index in [4.69, 9.17) is 0 Å². The Balaban J connectivity index is 2.59. The summed E-state index contributed by atoms with van der Waals surface area (Å²) in [7, 11) is 1.65. The Bertz CT molecular complexity index is 404. The molecule has 1 amide bonds. The fraction of sp³-hybridized carbons (Fsp3) is 0.500. The van der Waals surface area contributed by atoms with Gasteiger partial charge >= 0.3 is 0 Å². The second-order valence-electron chi connectivity index (χ2n) is 5.01. The van der Waals surface area contributed by atoms with Crippen LogP contribution >= 0.6 is 0 Å². The first-order valence-corrected chi connectivity index (χ1v) is 6.11. The molecule has 0 aliphatic heterocycles. The highest BCUT2D eigenvalue weighted by molar-refractivity contribution is 5.80. The molecule has 1 rings (SSSR count). The van der Waals surface area contributed by atoms with Crippen LogP contribution in [0, 0.1) is 5.92 Å². The third kappa shape index (κ3) is 4.37. The highest BCUT2D eigenvalue weighted by atomic mass is 16.3. The fourth-order valence-electron chi connectivity index (χ4n) is 1.81. The number of hydrogen-bond acceptors (Lipinski definition) is 3. The lowest BCUT2D eigenvalue weighted by Gasteiger charge is -2.21. The molecule has 0 spiro atoms. The van der Waals surface area contributed by atoms with Gasteiger partial charge in [0.05, 0.1) is 0 Å². The van der Waals surface area contributed by atoms with E-state index in [1.54, 1.807) is 25.2 Å². The first-order valence-electron chi connectivity index (χ1n) is 6.11. The molecule has 0 fully saturated rings. The third-order valence-electron chi connectivity index (χ3n) is 2.69. The Labute approximate surface area is 108 Å². The summed E-state index contributed by atoms with van der Waals surface area (Å²) < 4.78 is 0. The van der Waals surface area contributed by atoms with Gasteiger partial charge in [0.1, 0.15) is 11.9 Å². The third-order valence-corrected chi connectivity index (χ3v) is 2.69. The van der Waals surface area contributed by atoms with Gasteiger partial charge in [0.25, 0.3) is 5.91 Å². The molecule has 4 nitrogen and oxygen atoms in total. The molecule has 2 N–H and O–H groups in total. The Morgan fingerprint density at radius 1 is 1.39 bits per heavy atom. The van der Waals surface area contributed by atoms with Crippen molar-refractivity contribution in [1.29, 1.82) is 0 Å². The maximum Gasteiger partial charge on any atom is 0.251 e. The zero-order valence-electron chi connectivity index (χ0n) is 11.1. The molecule has 0 saturated carbocycles. The molecule has 0 aliphatic rings. The predicted octanol–water partition coefficient (Wildman–Crippen LogP) is 1.76. The molecular weight excluding hydrogens is 230 g/mol. The molecule has 0 aliphatic carbocycles. The summed E-state index contributed by atoms with van der Waals surface area (Å²) in [5, 5.41) is 19.1. The zero-order chi connectivity index (χ0) is 13.7. The average Bonchev–Trinajstić information content (AvgIpc) is 2.27. The molecule has 1 unspecified atom stereocenters. The maximum absolute atomic E-state index is 11.9. The number of phenols is 1. The highest BCUT2D eigenvalue weighted by Gasteiger charge is 2.20. The summed E-state index contributed by atoms with van der Waals surface area (Å²) >= 11 is 0. The Morgan fingerprint density at radius 2 is 2.06 bits per heavy atom. The van der Waals surface area contributed by atoms with Gasteiger partial charge in [0.2, 0.25) is 0 Å². The second-order valence-corrected chi connectivity index (χ2v) is 5.01. The molecule has 18 heavy (non-hydrogen) atoms. The zero-order valence-corrected chi connectivity index (χ0v) is 11.1. The van der Waals surface area contributed by atoms with Gasteiger partial charge < -0.3 is 15.1 Å². The van der Waals surface area contributed by atoms with E-state index in [-0.39, 0.29) is 17.6 Å². The van der Waals surface area contributed by atoms with Crippen molar-refractivity contribution in [3.8, 4) is 5.75 Å². The normalized spacial score (nSPS) is 12.5. The van der Waals surface area contributed by atoms with Crippen molar-refractivity contribution in [2.75, 3.05) is 7.05 Å². The summed E-state index contributed by atoms with van der Waals surface area (Å²) in [6, 6.07) is 6.75. The van der Waals surface area contributed by atoms with Crippen molar-refractivity contribution >= 4 is 5.91 Å². The molecule has 0 bridgehead atoms. The van der Waals surface area contributed by atoms with Crippen molar-refractivity contribution in [2.24, 2.45) is 5.92 Å². The number of carbonyl (C=O) groups excluding carboxylic acids is 1. The van der Waals surface area contributed by atoms with E-state index >= 15 is 0 Å². The van der Waals surface area contributed by atoms with Gasteiger partial charge in [0, 0.05) is 13.6 Å². The summed E-state index contributed by atoms with van der Waals surface area (Å²) in [6.07, 6.45) is -0.490. The number of amides is 1. The van der Waals surface area contributed by atoms with Crippen LogP contribution in [0.25, 0.3) is 0 Å². The molecule has 0 saturated heterocycles. The summed E-state index contributed by atoms with van der Waals surface area (Å²) in [4.78, 5) is 13.4. The van der Waals surface area contributed by atoms with Crippen LogP contribution < -0.4 is 0 Å². The molecule has 100 valence electrons. The van der Waals surface area contributed by atoms with Crippen molar-refractivity contribution in [2.45, 2.75) is 32.9 Å². The number of benzene rings is 1. The SMILES string of the molecule is CC(C)CC(O)C(=O)N(C)Cc1cccc(O)c1. The number of aromatic hydroxyl groups is 1. The minimum absolute atomic E-state index is 0.177. The van der Waals surface area contributed by atoms with Crippen LogP contribution in [0.2, 0.25) is 0 Å². The van der Waals surface area contributed by atoms with E-state index < -0.39 is 6.10 Å². The van der Waals surface area contributed by atoms with Gasteiger partial charge in [-0.05, 0) is 30.0 Å². The van der Waals surface area contributed by atoms with E-state index in [1.807, 2.05) is 19.9 Å². The van der Waals surface area contributed by atoms with Crippen molar-refractivity contribution in [3.63, 3.8) is 0 Å². The van der Waals surface area contributed by atoms with Crippen molar-refractivity contribution in [1.82, 2.24) is 4.90 Å². The Kier molecular flexibility index (Phi) is 5.16. The van der Waals surface area contributed by atoms with E-state index in [2.05, 4.69) is 0 Å². The van der Waals surface area contributed by atoms with Gasteiger partial charge in [-0.1, -0.05) is 26.0 Å². The van der Waals surface area contributed by atoms with Crippen molar-refractivity contribution < 1.29 is 15.0 Å². The van der Waals surface area contributed by atoms with Gasteiger partial charge in [-0.2, -0.15) is 0 Å². The Morgan fingerprint density at radius 3 is 2.61 bits per heavy atom. The minimum atomic E-state index is -0.952. The van der Waals surface area contributed by atoms with Crippen LogP contribution in [0.4, 0.5) is 0 Å². The molecule has 0 radical (unpaired) electrons. The lowest BCUT2D eigenvalue weighted by atomic mass is 10.1. The van der Waals surface area contributed by atoms with E-state index in [1.165, 1.54) is 4.90 Å². The molecular formula is C14H21NO3. The van der Waals surface area contributed by atoms with Gasteiger partial charge in [0.15, 0.2) is 0 Å². The molecule has 4 heteroatoms. The molecule has 1 atom stereocenters. The second kappa shape index (κ2) is 6.40. The van der Waals surface area contributed by atoms with Crippen molar-refractivity contribution in [3.05, 3.63) is 29.8 Å². The molecule has 1 aromatic carbocycles. The van der Waals surface area contributed by atoms with Crippen LogP contribution in [0.5, 0.6) is 5.75 Å². The fourth-order valence-corrected chi connectivity index (χ4v) is 1.81. The number of nitrogens with zero attached hydrogens (tertiary/aromatic N) is 1. The highest BCUT2D eigenvalue weighted by Crippen LogP contribution is 2.14. The monoisotopic (exact) mass is 251 g/mol. The number of phenolic OH excluding ortho intramolecular Hbond substituents is 1. The van der Waals surface area contributed by atoms with Gasteiger partial charge in [-0.25, -0.2) is 0 Å². The van der Waals surface area contributed by atoms with Crippen LogP contribution in [0.15, 0.2) is 24.3 Å². The molecule has 1 aromatic rings. The number of aliphatic hydroxyl groups excluding tert-OH is 1. The standard InChI is InChI=1S/C14H21NO3/c1-10(2)7-13(17)14(18)15(3)9-11-5-4-6-12(16)8-11/h4-6,8,10,13,16-17H,7,9H2,1-3H3. The van der Waals surface area contributed by atoms with E-state index in [0.29, 0.717) is 13.0 Å². The van der Waals surface area contributed by atoms with Crippen LogP contribution in [-0.4, -0.2) is 34.2 Å². The van der Waals surface area contributed by atoms with Crippen LogP contribution in [0.1, 0.15) is 25.8 Å². The van der Waals surface area contributed by atoms with E-state index in [0.717, 1.165) is 5.56 Å². The molecule has 0 heterocycles. The summed E-state index contributed by atoms with van der Waals surface area (Å²) in [5.41, 5.74) is 0.836. The van der Waals surface area contributed by atoms with E-state index in [9.17, 15) is 15.0 Å². The quantitative estimate of drug-likeness (QED) is 0.838. The smallest absolute Gasteiger partial charge is 0.251 e. The number of rotatable bonds is 5.